The number of aliphatic imine (C=N–C) groups is 1. The van der Waals surface area contributed by atoms with Gasteiger partial charge in [-0.15, -0.1) is 0 Å². The van der Waals surface area contributed by atoms with Crippen molar-refractivity contribution in [1.29, 1.82) is 5.41 Å². The molecule has 2 amide bonds. The molecule has 228 valence electrons. The fourth-order valence-corrected chi connectivity index (χ4v) is 5.85. The van der Waals surface area contributed by atoms with Gasteiger partial charge in [-0.3, -0.25) is 20.0 Å². The molecule has 0 unspecified atom stereocenters. The van der Waals surface area contributed by atoms with Gasteiger partial charge in [0.2, 0.25) is 21.8 Å². The highest BCUT2D eigenvalue weighted by Gasteiger charge is 2.32. The molecule has 0 radical (unpaired) electrons. The number of carbonyl (C=O) groups excluding carboxylic acids is 2. The molecule has 1 saturated heterocycles. The summed E-state index contributed by atoms with van der Waals surface area (Å²) in [6.45, 7) is 7.55. The van der Waals surface area contributed by atoms with E-state index in [1.54, 1.807) is 58.3 Å². The van der Waals surface area contributed by atoms with Crippen LogP contribution in [-0.2, 0) is 31.4 Å². The number of nitrogen functional groups attached to an aromatic ring is 1. The fourth-order valence-electron chi connectivity index (χ4n) is 4.66. The van der Waals surface area contributed by atoms with Gasteiger partial charge in [-0.05, 0) is 47.6 Å². The number of benzene rings is 2. The van der Waals surface area contributed by atoms with Crippen LogP contribution in [0.25, 0.3) is 0 Å². The number of sulfonamides is 1. The lowest BCUT2D eigenvalue weighted by molar-refractivity contribution is -0.140. The monoisotopic (exact) mass is 598 g/mol. The second-order valence-corrected chi connectivity index (χ2v) is 12.7. The first-order valence-corrected chi connectivity index (χ1v) is 15.4. The Morgan fingerprint density at radius 3 is 2.21 bits per heavy atom. The molecule has 0 aliphatic carbocycles. The Labute approximate surface area is 247 Å². The maximum absolute atomic E-state index is 13.8. The van der Waals surface area contributed by atoms with E-state index in [2.05, 4.69) is 30.5 Å². The molecule has 0 bridgehead atoms. The molecule has 13 heteroatoms. The Bertz CT molecular complexity index is 1410. The number of amides is 2. The third-order valence-corrected chi connectivity index (χ3v) is 9.15. The smallest absolute Gasteiger partial charge is 0.241 e. The van der Waals surface area contributed by atoms with E-state index in [1.807, 2.05) is 0 Å². The van der Waals surface area contributed by atoms with E-state index >= 15 is 0 Å². The summed E-state index contributed by atoms with van der Waals surface area (Å²) in [5, 5.41) is 7.75. The van der Waals surface area contributed by atoms with Crippen molar-refractivity contribution in [2.75, 3.05) is 32.7 Å². The molecular weight excluding hydrogens is 556 g/mol. The second kappa shape index (κ2) is 13.8. The Morgan fingerprint density at radius 2 is 1.64 bits per heavy atom. The largest absolute Gasteiger partial charge is 0.384 e. The maximum Gasteiger partial charge on any atom is 0.241 e. The highest BCUT2D eigenvalue weighted by atomic mass is 32.2. The predicted octanol–water partition coefficient (Wildman–Crippen LogP) is 0.882. The average molecular weight is 599 g/mol. The van der Waals surface area contributed by atoms with Crippen molar-refractivity contribution >= 4 is 33.6 Å². The molecule has 1 fully saturated rings. The van der Waals surface area contributed by atoms with Gasteiger partial charge >= 0.3 is 0 Å². The molecule has 1 aliphatic rings. The van der Waals surface area contributed by atoms with E-state index in [4.69, 9.17) is 22.6 Å². The number of nitrogens with zero attached hydrogens (tertiary/aromatic N) is 3. The van der Waals surface area contributed by atoms with Crippen molar-refractivity contribution in [3.05, 3.63) is 65.2 Å². The zero-order valence-electron chi connectivity index (χ0n) is 24.5. The number of guanidine groups is 1. The second-order valence-electron chi connectivity index (χ2n) is 11.0. The zero-order chi connectivity index (χ0) is 31.1. The molecule has 42 heavy (non-hydrogen) atoms. The number of amidine groups is 1. The van der Waals surface area contributed by atoms with Crippen molar-refractivity contribution in [1.82, 2.24) is 14.5 Å². The van der Waals surface area contributed by atoms with Gasteiger partial charge in [0.1, 0.15) is 11.9 Å². The van der Waals surface area contributed by atoms with Gasteiger partial charge in [0, 0.05) is 38.2 Å². The van der Waals surface area contributed by atoms with E-state index < -0.39 is 22.0 Å². The summed E-state index contributed by atoms with van der Waals surface area (Å²) < 4.78 is 29.6. The normalized spacial score (nSPS) is 14.7. The van der Waals surface area contributed by atoms with E-state index in [-0.39, 0.29) is 60.5 Å². The Morgan fingerprint density at radius 1 is 1.02 bits per heavy atom. The minimum Gasteiger partial charge on any atom is -0.384 e. The molecule has 1 atom stereocenters. The SMILES string of the molecule is CCC(C)(C)c1ccc(S(=O)(=O)N[C@@H](Cc2cccc(C(=N)N)c2)C(=O)N2CCN(C(=O)CCN=C(N)N)CC2)cc1. The molecule has 8 N–H and O–H groups in total. The fraction of sp³-hybridized carbons (Fsp3) is 0.448. The first-order chi connectivity index (χ1) is 19.7. The van der Waals surface area contributed by atoms with Crippen LogP contribution in [0.1, 0.15) is 50.3 Å². The molecule has 12 nitrogen and oxygen atoms in total. The first kappa shape index (κ1) is 32.5. The van der Waals surface area contributed by atoms with Crippen molar-refractivity contribution in [3.8, 4) is 0 Å². The van der Waals surface area contributed by atoms with Crippen LogP contribution in [-0.4, -0.2) is 80.6 Å². The topological polar surface area (TPSA) is 201 Å². The van der Waals surface area contributed by atoms with Gasteiger partial charge in [-0.2, -0.15) is 4.72 Å². The summed E-state index contributed by atoms with van der Waals surface area (Å²) in [6.07, 6.45) is 1.09. The zero-order valence-corrected chi connectivity index (χ0v) is 25.3. The summed E-state index contributed by atoms with van der Waals surface area (Å²) in [5.74, 6) is -0.736. The maximum atomic E-state index is 13.8. The van der Waals surface area contributed by atoms with Crippen LogP contribution in [0.15, 0.2) is 58.4 Å². The number of hydrogen-bond donors (Lipinski definition) is 5. The van der Waals surface area contributed by atoms with Crippen LogP contribution >= 0.6 is 0 Å². The highest BCUT2D eigenvalue weighted by Crippen LogP contribution is 2.27. The van der Waals surface area contributed by atoms with Crippen LogP contribution in [0.5, 0.6) is 0 Å². The van der Waals surface area contributed by atoms with Crippen molar-refractivity contribution in [2.24, 2.45) is 22.2 Å². The standard InChI is InChI=1S/C29H42N8O4S/c1-4-29(2,3)22-8-10-23(11-9-22)42(40,41)35-24(19-20-6-5-7-21(18-20)26(30)31)27(39)37-16-14-36(15-17-37)25(38)12-13-34-28(32)33/h5-11,18,24,35H,4,12-17,19H2,1-3H3,(H3,30,31)(H4,32,33,34)/t24-/m0/s1. The summed E-state index contributed by atoms with van der Waals surface area (Å²) >= 11 is 0. The van der Waals surface area contributed by atoms with Crippen LogP contribution in [0.3, 0.4) is 0 Å². The quantitative estimate of drug-likeness (QED) is 0.176. The molecule has 1 heterocycles. The van der Waals surface area contributed by atoms with E-state index in [0.717, 1.165) is 12.0 Å². The van der Waals surface area contributed by atoms with E-state index in [9.17, 15) is 18.0 Å². The molecule has 2 aromatic rings. The van der Waals surface area contributed by atoms with Crippen LogP contribution < -0.4 is 21.9 Å². The molecule has 0 aromatic heterocycles. The van der Waals surface area contributed by atoms with Gasteiger partial charge in [0.25, 0.3) is 0 Å². The summed E-state index contributed by atoms with van der Waals surface area (Å²) in [6, 6.07) is 12.4. The van der Waals surface area contributed by atoms with E-state index in [1.165, 1.54) is 0 Å². The molecule has 3 rings (SSSR count). The third kappa shape index (κ3) is 8.52. The number of piperazine rings is 1. The molecule has 0 spiro atoms. The number of hydrogen-bond acceptors (Lipinski definition) is 6. The first-order valence-electron chi connectivity index (χ1n) is 13.9. The third-order valence-electron chi connectivity index (χ3n) is 7.67. The van der Waals surface area contributed by atoms with Crippen molar-refractivity contribution in [3.63, 3.8) is 0 Å². The summed E-state index contributed by atoms with van der Waals surface area (Å²) in [5.41, 5.74) is 18.3. The van der Waals surface area contributed by atoms with Gasteiger partial charge in [0.05, 0.1) is 11.4 Å². The molecular formula is C29H42N8O4S. The van der Waals surface area contributed by atoms with Gasteiger partial charge in [-0.1, -0.05) is 51.1 Å². The van der Waals surface area contributed by atoms with Gasteiger partial charge < -0.3 is 27.0 Å². The Hall–Kier alpha value is -3.97. The van der Waals surface area contributed by atoms with Crippen LogP contribution in [0, 0.1) is 5.41 Å². The Kier molecular flexibility index (Phi) is 10.7. The number of carbonyl (C=O) groups is 2. The molecule has 2 aromatic carbocycles. The summed E-state index contributed by atoms with van der Waals surface area (Å²) in [7, 11) is -4.06. The van der Waals surface area contributed by atoms with Crippen molar-refractivity contribution in [2.45, 2.75) is 56.4 Å². The van der Waals surface area contributed by atoms with Crippen LogP contribution in [0.2, 0.25) is 0 Å². The molecule has 0 saturated carbocycles. The average Bonchev–Trinajstić information content (AvgIpc) is 2.96. The van der Waals surface area contributed by atoms with E-state index in [0.29, 0.717) is 24.2 Å². The predicted molar refractivity (Wildman–Crippen MR) is 163 cm³/mol. The minimum absolute atomic E-state index is 0.0534. The Balaban J connectivity index is 1.80. The van der Waals surface area contributed by atoms with Gasteiger partial charge in [-0.25, -0.2) is 8.42 Å². The number of nitrogens with two attached hydrogens (primary N) is 3. The van der Waals surface area contributed by atoms with Gasteiger partial charge in [0.15, 0.2) is 5.96 Å². The highest BCUT2D eigenvalue weighted by molar-refractivity contribution is 7.89. The lowest BCUT2D eigenvalue weighted by atomic mass is 9.82. The lowest BCUT2D eigenvalue weighted by Gasteiger charge is -2.36. The minimum atomic E-state index is -4.06. The summed E-state index contributed by atoms with van der Waals surface area (Å²) in [4.78, 5) is 33.4. The number of nitrogens with one attached hydrogen (secondary N) is 2. The van der Waals surface area contributed by atoms with Crippen LogP contribution in [0.4, 0.5) is 0 Å². The lowest BCUT2D eigenvalue weighted by Crippen LogP contribution is -2.56. The van der Waals surface area contributed by atoms with Crippen molar-refractivity contribution < 1.29 is 18.0 Å². The molecule has 1 aliphatic heterocycles. The number of rotatable bonds is 12.